The van der Waals surface area contributed by atoms with Crippen LogP contribution in [0, 0.1) is 5.92 Å². The molecule has 13 heteroatoms. The van der Waals surface area contributed by atoms with Crippen LogP contribution in [-0.2, 0) is 35.1 Å². The van der Waals surface area contributed by atoms with Crippen molar-refractivity contribution < 1.29 is 42.8 Å². The quantitative estimate of drug-likeness (QED) is 0.449. The van der Waals surface area contributed by atoms with E-state index >= 15 is 0 Å². The molecule has 5 atom stereocenters. The molecule has 40 heavy (non-hydrogen) atoms. The molecular weight excluding hydrogens is 524 g/mol. The first-order valence-electron chi connectivity index (χ1n) is 12.8. The first kappa shape index (κ1) is 32.5. The van der Waals surface area contributed by atoms with Gasteiger partial charge >= 0.3 is 12.2 Å². The molecule has 1 aliphatic heterocycles. The maximum Gasteiger partial charge on any atom is 0.405 e. The van der Waals surface area contributed by atoms with E-state index in [-0.39, 0.29) is 37.8 Å². The maximum atomic E-state index is 12.8. The number of nitrogens with one attached hydrogen (secondary N) is 1. The van der Waals surface area contributed by atoms with E-state index < -0.39 is 42.5 Å². The van der Waals surface area contributed by atoms with E-state index in [1.165, 1.54) is 7.11 Å². The van der Waals surface area contributed by atoms with Crippen LogP contribution in [0.4, 0.5) is 15.4 Å². The van der Waals surface area contributed by atoms with E-state index in [1.807, 2.05) is 13.0 Å². The highest BCUT2D eigenvalue weighted by molar-refractivity contribution is 6.02. The summed E-state index contributed by atoms with van der Waals surface area (Å²) in [5, 5.41) is 2.75. The predicted molar refractivity (Wildman–Crippen MR) is 145 cm³/mol. The molecular formula is C27H40N4O9. The van der Waals surface area contributed by atoms with Gasteiger partial charge < -0.3 is 45.2 Å². The first-order valence-corrected chi connectivity index (χ1v) is 12.8. The number of methoxy groups -OCH3 is 3. The Hall–Kier alpha value is -3.68. The minimum absolute atomic E-state index is 0.175. The summed E-state index contributed by atoms with van der Waals surface area (Å²) in [6.07, 6.45) is -1.10. The molecule has 2 bridgehead atoms. The molecule has 0 spiro atoms. The van der Waals surface area contributed by atoms with Crippen molar-refractivity contribution in [2.45, 2.75) is 64.6 Å². The van der Waals surface area contributed by atoms with E-state index in [0.29, 0.717) is 17.0 Å². The third-order valence-electron chi connectivity index (χ3n) is 6.41. The highest BCUT2D eigenvalue weighted by Crippen LogP contribution is 2.25. The van der Waals surface area contributed by atoms with Crippen molar-refractivity contribution in [2.24, 2.45) is 17.4 Å². The lowest BCUT2D eigenvalue weighted by atomic mass is 9.93. The van der Waals surface area contributed by atoms with Gasteiger partial charge in [-0.3, -0.25) is 4.79 Å². The van der Waals surface area contributed by atoms with Gasteiger partial charge in [-0.05, 0) is 43.9 Å². The lowest BCUT2D eigenvalue weighted by Crippen LogP contribution is -2.40. The number of fused-ring (bicyclic) bond motifs is 2. The Bertz CT molecular complexity index is 1090. The molecule has 0 radical (unpaired) electrons. The molecule has 0 aliphatic carbocycles. The molecule has 2 heterocycles. The van der Waals surface area contributed by atoms with Gasteiger partial charge in [-0.2, -0.15) is 4.98 Å². The minimum Gasteiger partial charge on any atom is -0.481 e. The van der Waals surface area contributed by atoms with Crippen molar-refractivity contribution in [3.63, 3.8) is 0 Å². The zero-order chi connectivity index (χ0) is 29.8. The summed E-state index contributed by atoms with van der Waals surface area (Å²) < 4.78 is 33.3. The van der Waals surface area contributed by atoms with Gasteiger partial charge in [-0.15, -0.1) is 0 Å². The molecule has 0 saturated carbocycles. The van der Waals surface area contributed by atoms with Crippen molar-refractivity contribution in [1.29, 1.82) is 0 Å². The third-order valence-corrected chi connectivity index (χ3v) is 6.41. The number of rotatable bonds is 5. The molecule has 1 aromatic heterocycles. The first-order chi connectivity index (χ1) is 19.0. The zero-order valence-electron chi connectivity index (χ0n) is 23.8. The van der Waals surface area contributed by atoms with Crippen LogP contribution in [0.5, 0.6) is 5.88 Å². The van der Waals surface area contributed by atoms with Crippen LogP contribution in [0.2, 0.25) is 0 Å². The second-order valence-electron chi connectivity index (χ2n) is 9.41. The van der Waals surface area contributed by atoms with Gasteiger partial charge in [0, 0.05) is 31.8 Å². The van der Waals surface area contributed by atoms with E-state index in [1.54, 1.807) is 46.3 Å². The highest BCUT2D eigenvalue weighted by Gasteiger charge is 2.32. The van der Waals surface area contributed by atoms with Crippen molar-refractivity contribution >= 4 is 23.9 Å². The number of allylic oxidation sites excluding steroid dienone is 1. The van der Waals surface area contributed by atoms with Gasteiger partial charge in [0.1, 0.15) is 18.0 Å². The molecule has 1 aromatic rings. The van der Waals surface area contributed by atoms with E-state index in [2.05, 4.69) is 10.3 Å². The molecule has 13 nitrogen and oxygen atoms in total. The summed E-state index contributed by atoms with van der Waals surface area (Å²) in [5.74, 6) is -0.0614. The number of hydrogen-bond donors (Lipinski definition) is 3. The van der Waals surface area contributed by atoms with Gasteiger partial charge in [0.15, 0.2) is 6.10 Å². The van der Waals surface area contributed by atoms with E-state index in [0.717, 1.165) is 5.56 Å². The number of nitrogens with zero attached hydrogens (tertiary/aromatic N) is 1. The average molecular weight is 565 g/mol. The molecule has 222 valence electrons. The largest absolute Gasteiger partial charge is 0.481 e. The average Bonchev–Trinajstić information content (AvgIpc) is 2.89. The third kappa shape index (κ3) is 9.81. The van der Waals surface area contributed by atoms with Crippen LogP contribution in [0.1, 0.15) is 39.2 Å². The van der Waals surface area contributed by atoms with Crippen LogP contribution >= 0.6 is 0 Å². The Morgan fingerprint density at radius 3 is 2.35 bits per heavy atom. The Labute approximate surface area is 234 Å². The van der Waals surface area contributed by atoms with Crippen molar-refractivity contribution in [3.8, 4) is 5.88 Å². The number of ether oxygens (including phenoxy) is 6. The normalized spacial score (nSPS) is 27.8. The molecule has 0 aromatic carbocycles. The molecule has 0 fully saturated rings. The summed E-state index contributed by atoms with van der Waals surface area (Å²) >= 11 is 0. The fourth-order valence-electron chi connectivity index (χ4n) is 4.49. The van der Waals surface area contributed by atoms with Gasteiger partial charge in [-0.1, -0.05) is 19.1 Å². The number of carbonyl (C=O) groups excluding carboxylic acids is 3. The lowest BCUT2D eigenvalue weighted by molar-refractivity contribution is -0.112. The summed E-state index contributed by atoms with van der Waals surface area (Å²) in [6, 6.07) is 3.40. The van der Waals surface area contributed by atoms with Crippen LogP contribution in [0.25, 0.3) is 0 Å². The molecule has 0 unspecified atom stereocenters. The van der Waals surface area contributed by atoms with Crippen molar-refractivity contribution in [3.05, 3.63) is 41.0 Å². The summed E-state index contributed by atoms with van der Waals surface area (Å²) in [6.45, 7) is 5.62. The molecule has 1 aliphatic rings. The smallest absolute Gasteiger partial charge is 0.405 e. The molecule has 5 N–H and O–H groups in total. The topological polar surface area (TPSA) is 184 Å². The van der Waals surface area contributed by atoms with Crippen LogP contribution < -0.4 is 21.5 Å². The number of primary amides is 2. The predicted octanol–water partition coefficient (Wildman–Crippen LogP) is 2.83. The van der Waals surface area contributed by atoms with Crippen LogP contribution in [0.3, 0.4) is 0 Å². The van der Waals surface area contributed by atoms with E-state index in [4.69, 9.17) is 39.9 Å². The summed E-state index contributed by atoms with van der Waals surface area (Å²) in [5.41, 5.74) is 12.3. The number of anilines is 1. The van der Waals surface area contributed by atoms with Gasteiger partial charge in [0.05, 0.1) is 26.4 Å². The monoisotopic (exact) mass is 564 g/mol. The fraction of sp³-hybridized carbons (Fsp3) is 0.556. The number of amides is 3. The van der Waals surface area contributed by atoms with Gasteiger partial charge in [-0.25, -0.2) is 9.59 Å². The Balaban J connectivity index is 2.53. The summed E-state index contributed by atoms with van der Waals surface area (Å²) in [4.78, 5) is 40.6. The number of pyridine rings is 1. The number of carbonyl (C=O) groups is 3. The van der Waals surface area contributed by atoms with Crippen molar-refractivity contribution in [1.82, 2.24) is 4.98 Å². The van der Waals surface area contributed by atoms with Gasteiger partial charge in [0.2, 0.25) is 5.88 Å². The standard InChI is InChI=1S/C27H40N4O9/c1-15-8-7-9-19(39-26(28)33)24(40-27(29)34)17(3)10-16(2)23(37-6)20(35-4)14-38-13-18-11-21(31-25(15)32)30-22(12-18)36-5/h8,10-12,16,19-20,23-24H,7,9,13-14H2,1-6H3,(H2,28,33)(H2,29,34)(H,30,31,32)/b15-8+,17-10+/t16-,19-,20-,23+,24-/m0/s1. The number of aromatic nitrogens is 1. The number of nitrogens with two attached hydrogens (primary N) is 2. The van der Waals surface area contributed by atoms with Crippen LogP contribution in [0.15, 0.2) is 35.4 Å². The van der Waals surface area contributed by atoms with E-state index in [9.17, 15) is 14.4 Å². The second kappa shape index (κ2) is 15.8. The Morgan fingerprint density at radius 2 is 1.75 bits per heavy atom. The second-order valence-corrected chi connectivity index (χ2v) is 9.41. The fourth-order valence-corrected chi connectivity index (χ4v) is 4.49. The maximum absolute atomic E-state index is 12.8. The number of hydrogen-bond acceptors (Lipinski definition) is 10. The van der Waals surface area contributed by atoms with Crippen LogP contribution in [-0.4, -0.2) is 75.4 Å². The van der Waals surface area contributed by atoms with Crippen molar-refractivity contribution in [2.75, 3.05) is 33.3 Å². The Kier molecular flexibility index (Phi) is 12.8. The zero-order valence-corrected chi connectivity index (χ0v) is 23.8. The van der Waals surface area contributed by atoms with Gasteiger partial charge in [0.25, 0.3) is 5.91 Å². The SMILES string of the molecule is COc1cc2cc(n1)NC(=O)/C(C)=C/CC[C@H](OC(N)=O)[C@@H](OC(N)=O)/C(C)=C/[C@H](C)[C@@H](OC)[C@@H](OC)COC2. The summed E-state index contributed by atoms with van der Waals surface area (Å²) in [7, 11) is 4.58. The molecule has 2 rings (SSSR count). The Morgan fingerprint density at radius 1 is 1.05 bits per heavy atom. The molecule has 0 saturated heterocycles. The minimum atomic E-state index is -1.05. The highest BCUT2D eigenvalue weighted by atomic mass is 16.6. The lowest BCUT2D eigenvalue weighted by Gasteiger charge is -2.30. The molecule has 3 amide bonds.